The zero-order chi connectivity index (χ0) is 9.97. The van der Waals surface area contributed by atoms with Crippen LogP contribution in [-0.4, -0.2) is 18.3 Å². The summed E-state index contributed by atoms with van der Waals surface area (Å²) in [6.07, 6.45) is 0.691. The van der Waals surface area contributed by atoms with Gasteiger partial charge in [-0.25, -0.2) is 0 Å². The van der Waals surface area contributed by atoms with Crippen molar-refractivity contribution in [2.24, 2.45) is 0 Å². The van der Waals surface area contributed by atoms with Gasteiger partial charge in [0.1, 0.15) is 0 Å². The van der Waals surface area contributed by atoms with E-state index in [9.17, 15) is 5.11 Å². The number of aliphatic hydroxyl groups excluding tert-OH is 1. The second-order valence-electron chi connectivity index (χ2n) is 3.87. The topological polar surface area (TPSA) is 29.5 Å². The third-order valence-corrected chi connectivity index (χ3v) is 2.82. The molecule has 0 amide bonds. The van der Waals surface area contributed by atoms with E-state index in [4.69, 9.17) is 4.74 Å². The van der Waals surface area contributed by atoms with E-state index >= 15 is 0 Å². The third-order valence-electron chi connectivity index (χ3n) is 2.82. The first kappa shape index (κ1) is 9.69. The summed E-state index contributed by atoms with van der Waals surface area (Å²) in [5.41, 5.74) is 2.29. The van der Waals surface area contributed by atoms with E-state index < -0.39 is 0 Å². The van der Waals surface area contributed by atoms with Crippen molar-refractivity contribution >= 4 is 0 Å². The maximum absolute atomic E-state index is 9.62. The quantitative estimate of drug-likeness (QED) is 0.778. The molecule has 76 valence electrons. The Morgan fingerprint density at radius 3 is 2.86 bits per heavy atom. The Balaban J connectivity index is 2.30. The molecule has 1 aliphatic rings. The van der Waals surface area contributed by atoms with Crippen molar-refractivity contribution in [3.05, 3.63) is 35.4 Å². The molecule has 2 heteroatoms. The molecule has 2 nitrogen and oxygen atoms in total. The van der Waals surface area contributed by atoms with Crippen LogP contribution in [0.4, 0.5) is 0 Å². The molecule has 14 heavy (non-hydrogen) atoms. The van der Waals surface area contributed by atoms with Gasteiger partial charge in [0.25, 0.3) is 0 Å². The van der Waals surface area contributed by atoms with Crippen LogP contribution in [0.2, 0.25) is 0 Å². The number of aliphatic hydroxyl groups is 1. The summed E-state index contributed by atoms with van der Waals surface area (Å²) in [6.45, 7) is 3.46. The zero-order valence-corrected chi connectivity index (χ0v) is 8.44. The SMILES string of the molecule is CC(O)c1ccccc1C1CCOC1. The Kier molecular flexibility index (Phi) is 2.85. The number of hydrogen-bond acceptors (Lipinski definition) is 2. The van der Waals surface area contributed by atoms with Crippen LogP contribution in [0.25, 0.3) is 0 Å². The number of rotatable bonds is 2. The molecule has 1 saturated heterocycles. The molecule has 2 unspecified atom stereocenters. The van der Waals surface area contributed by atoms with Gasteiger partial charge < -0.3 is 9.84 Å². The fourth-order valence-electron chi connectivity index (χ4n) is 2.04. The number of benzene rings is 1. The van der Waals surface area contributed by atoms with Crippen LogP contribution >= 0.6 is 0 Å². The maximum Gasteiger partial charge on any atom is 0.0764 e. The lowest BCUT2D eigenvalue weighted by atomic mass is 9.91. The van der Waals surface area contributed by atoms with Crippen LogP contribution in [0.15, 0.2) is 24.3 Å². The molecule has 1 N–H and O–H groups in total. The molecular weight excluding hydrogens is 176 g/mol. The van der Waals surface area contributed by atoms with Crippen LogP contribution in [0.3, 0.4) is 0 Å². The molecule has 1 aromatic carbocycles. The first-order valence-corrected chi connectivity index (χ1v) is 5.13. The normalized spacial score (nSPS) is 23.7. The van der Waals surface area contributed by atoms with Crippen molar-refractivity contribution in [2.45, 2.75) is 25.4 Å². The third kappa shape index (κ3) is 1.81. The summed E-state index contributed by atoms with van der Waals surface area (Å²) in [7, 11) is 0. The first-order valence-electron chi connectivity index (χ1n) is 5.13. The lowest BCUT2D eigenvalue weighted by molar-refractivity contribution is 0.189. The highest BCUT2D eigenvalue weighted by Crippen LogP contribution is 2.30. The molecular formula is C12H16O2. The second-order valence-corrected chi connectivity index (χ2v) is 3.87. The van der Waals surface area contributed by atoms with E-state index in [1.807, 2.05) is 25.1 Å². The van der Waals surface area contributed by atoms with Crippen LogP contribution < -0.4 is 0 Å². The molecule has 1 aliphatic heterocycles. The fraction of sp³-hybridized carbons (Fsp3) is 0.500. The van der Waals surface area contributed by atoms with E-state index in [1.165, 1.54) is 5.56 Å². The molecule has 0 radical (unpaired) electrons. The van der Waals surface area contributed by atoms with Crippen LogP contribution in [0.5, 0.6) is 0 Å². The zero-order valence-electron chi connectivity index (χ0n) is 8.44. The largest absolute Gasteiger partial charge is 0.389 e. The minimum absolute atomic E-state index is 0.383. The van der Waals surface area contributed by atoms with Crippen LogP contribution in [-0.2, 0) is 4.74 Å². The maximum atomic E-state index is 9.62. The molecule has 2 atom stereocenters. The van der Waals surface area contributed by atoms with Gasteiger partial charge in [0.05, 0.1) is 12.7 Å². The van der Waals surface area contributed by atoms with Crippen molar-refractivity contribution in [3.8, 4) is 0 Å². The summed E-state index contributed by atoms with van der Waals surface area (Å²) in [4.78, 5) is 0. The molecule has 0 bridgehead atoms. The summed E-state index contributed by atoms with van der Waals surface area (Å²) < 4.78 is 5.36. The minimum atomic E-state index is -0.383. The van der Waals surface area contributed by atoms with Gasteiger partial charge in [-0.3, -0.25) is 0 Å². The Bertz CT molecular complexity index is 301. The Morgan fingerprint density at radius 1 is 1.43 bits per heavy atom. The highest BCUT2D eigenvalue weighted by molar-refractivity contribution is 5.32. The number of hydrogen-bond donors (Lipinski definition) is 1. The highest BCUT2D eigenvalue weighted by atomic mass is 16.5. The van der Waals surface area contributed by atoms with Crippen molar-refractivity contribution in [2.75, 3.05) is 13.2 Å². The fourth-order valence-corrected chi connectivity index (χ4v) is 2.04. The van der Waals surface area contributed by atoms with Crippen molar-refractivity contribution < 1.29 is 9.84 Å². The molecule has 0 aromatic heterocycles. The van der Waals surface area contributed by atoms with Gasteiger partial charge in [0, 0.05) is 12.5 Å². The van der Waals surface area contributed by atoms with Crippen molar-refractivity contribution in [3.63, 3.8) is 0 Å². The summed E-state index contributed by atoms with van der Waals surface area (Å²) in [6, 6.07) is 8.10. The van der Waals surface area contributed by atoms with E-state index in [1.54, 1.807) is 0 Å². The van der Waals surface area contributed by atoms with Gasteiger partial charge in [0.15, 0.2) is 0 Å². The van der Waals surface area contributed by atoms with E-state index in [-0.39, 0.29) is 6.10 Å². The standard InChI is InChI=1S/C12H16O2/c1-9(13)11-4-2-3-5-12(11)10-6-7-14-8-10/h2-5,9-10,13H,6-8H2,1H3. The lowest BCUT2D eigenvalue weighted by Crippen LogP contribution is -2.04. The van der Waals surface area contributed by atoms with E-state index in [0.717, 1.165) is 25.2 Å². The summed E-state index contributed by atoms with van der Waals surface area (Å²) in [5.74, 6) is 0.473. The van der Waals surface area contributed by atoms with Gasteiger partial charge in [-0.2, -0.15) is 0 Å². The van der Waals surface area contributed by atoms with Gasteiger partial charge >= 0.3 is 0 Å². The second kappa shape index (κ2) is 4.11. The Morgan fingerprint density at radius 2 is 2.21 bits per heavy atom. The van der Waals surface area contributed by atoms with Gasteiger partial charge in [-0.1, -0.05) is 24.3 Å². The Hall–Kier alpha value is -0.860. The predicted molar refractivity (Wildman–Crippen MR) is 55.3 cm³/mol. The first-order chi connectivity index (χ1) is 6.79. The van der Waals surface area contributed by atoms with E-state index in [2.05, 4.69) is 6.07 Å². The van der Waals surface area contributed by atoms with Gasteiger partial charge in [0.2, 0.25) is 0 Å². The lowest BCUT2D eigenvalue weighted by Gasteiger charge is -2.15. The molecule has 0 saturated carbocycles. The molecule has 1 aromatic rings. The van der Waals surface area contributed by atoms with Crippen molar-refractivity contribution in [1.82, 2.24) is 0 Å². The average molecular weight is 192 g/mol. The van der Waals surface area contributed by atoms with Crippen molar-refractivity contribution in [1.29, 1.82) is 0 Å². The number of ether oxygens (including phenoxy) is 1. The Labute approximate surface area is 84.5 Å². The molecule has 0 aliphatic carbocycles. The minimum Gasteiger partial charge on any atom is -0.389 e. The molecule has 2 rings (SSSR count). The molecule has 1 heterocycles. The molecule has 0 spiro atoms. The smallest absolute Gasteiger partial charge is 0.0764 e. The van der Waals surface area contributed by atoms with Crippen LogP contribution in [0.1, 0.15) is 36.5 Å². The van der Waals surface area contributed by atoms with Crippen LogP contribution in [0, 0.1) is 0 Å². The average Bonchev–Trinajstić information content (AvgIpc) is 2.70. The molecule has 1 fully saturated rings. The van der Waals surface area contributed by atoms with E-state index in [0.29, 0.717) is 5.92 Å². The van der Waals surface area contributed by atoms with Gasteiger partial charge in [-0.15, -0.1) is 0 Å². The summed E-state index contributed by atoms with van der Waals surface area (Å²) in [5, 5.41) is 9.62. The highest BCUT2D eigenvalue weighted by Gasteiger charge is 2.21. The van der Waals surface area contributed by atoms with Gasteiger partial charge in [-0.05, 0) is 24.5 Å². The summed E-state index contributed by atoms with van der Waals surface area (Å²) >= 11 is 0. The predicted octanol–water partition coefficient (Wildman–Crippen LogP) is 2.24. The monoisotopic (exact) mass is 192 g/mol.